The minimum absolute atomic E-state index is 0.0792. The van der Waals surface area contributed by atoms with Gasteiger partial charge in [0, 0.05) is 0 Å². The van der Waals surface area contributed by atoms with E-state index in [2.05, 4.69) is 6.58 Å². The highest BCUT2D eigenvalue weighted by Gasteiger charge is 2.01. The lowest BCUT2D eigenvalue weighted by atomic mass is 10.1. The summed E-state index contributed by atoms with van der Waals surface area (Å²) in [5.41, 5.74) is 1.69. The van der Waals surface area contributed by atoms with Gasteiger partial charge in [-0.05, 0) is 24.6 Å². The Morgan fingerprint density at radius 3 is 2.75 bits per heavy atom. The topological polar surface area (TPSA) is 17.1 Å². The number of aldehydes is 1. The summed E-state index contributed by atoms with van der Waals surface area (Å²) < 4.78 is 12.8. The summed E-state index contributed by atoms with van der Waals surface area (Å²) in [5.74, 6) is -0.491. The maximum absolute atomic E-state index is 12.8. The molecule has 0 fully saturated rings. The Morgan fingerprint density at radius 1 is 1.58 bits per heavy atom. The first-order chi connectivity index (χ1) is 5.65. The van der Waals surface area contributed by atoms with Crippen LogP contribution >= 0.6 is 0 Å². The van der Waals surface area contributed by atoms with Crippen LogP contribution in [-0.2, 0) is 0 Å². The molecule has 0 radical (unpaired) electrons. The molecule has 1 rings (SSSR count). The first-order valence-electron chi connectivity index (χ1n) is 3.55. The number of hydrogen-bond donors (Lipinski definition) is 0. The third-order valence-corrected chi connectivity index (χ3v) is 1.62. The van der Waals surface area contributed by atoms with Gasteiger partial charge in [-0.2, -0.15) is 0 Å². The Bertz CT molecular complexity index is 329. The molecule has 62 valence electrons. The molecule has 0 heterocycles. The first kappa shape index (κ1) is 8.65. The number of halogens is 1. The van der Waals surface area contributed by atoms with Crippen LogP contribution in [0.2, 0.25) is 0 Å². The lowest BCUT2D eigenvalue weighted by Gasteiger charge is -2.00. The van der Waals surface area contributed by atoms with E-state index in [0.717, 1.165) is 11.1 Å². The van der Waals surface area contributed by atoms with Crippen LogP contribution in [0.1, 0.15) is 22.8 Å². The summed E-state index contributed by atoms with van der Waals surface area (Å²) >= 11 is 0. The molecule has 1 nitrogen and oxygen atoms in total. The van der Waals surface area contributed by atoms with Gasteiger partial charge in [-0.25, -0.2) is 4.39 Å². The van der Waals surface area contributed by atoms with Gasteiger partial charge >= 0.3 is 0 Å². The fraction of sp³-hybridized carbons (Fsp3) is 0.100. The zero-order valence-corrected chi connectivity index (χ0v) is 6.80. The Balaban J connectivity index is 3.22. The average Bonchev–Trinajstić information content (AvgIpc) is 2.05. The normalized spacial score (nSPS) is 9.50. The van der Waals surface area contributed by atoms with E-state index in [-0.39, 0.29) is 5.56 Å². The molecule has 0 aromatic heterocycles. The van der Waals surface area contributed by atoms with Gasteiger partial charge in [0.05, 0.1) is 5.56 Å². The molecule has 1 aromatic rings. The zero-order chi connectivity index (χ0) is 9.14. The lowest BCUT2D eigenvalue weighted by Crippen LogP contribution is -1.89. The van der Waals surface area contributed by atoms with Crippen LogP contribution in [-0.4, -0.2) is 6.29 Å². The maximum Gasteiger partial charge on any atom is 0.153 e. The van der Waals surface area contributed by atoms with Crippen molar-refractivity contribution in [3.63, 3.8) is 0 Å². The standard InChI is InChI=1S/C10H9FO/c1-7(2)8-3-4-10(11)9(5-8)6-12/h3-6H,1H2,2H3. The second-order valence-electron chi connectivity index (χ2n) is 2.63. The molecule has 0 saturated heterocycles. The Kier molecular flexibility index (Phi) is 2.38. The van der Waals surface area contributed by atoms with E-state index >= 15 is 0 Å². The molecule has 0 saturated carbocycles. The van der Waals surface area contributed by atoms with Crippen molar-refractivity contribution in [2.45, 2.75) is 6.92 Å². The van der Waals surface area contributed by atoms with Crippen LogP contribution in [0, 0.1) is 5.82 Å². The Hall–Kier alpha value is -1.44. The van der Waals surface area contributed by atoms with Gasteiger partial charge in [-0.1, -0.05) is 18.2 Å². The number of carbonyl (C=O) groups excluding carboxylic acids is 1. The van der Waals surface area contributed by atoms with Crippen LogP contribution < -0.4 is 0 Å². The van der Waals surface area contributed by atoms with E-state index in [0.29, 0.717) is 6.29 Å². The molecule has 1 aromatic carbocycles. The first-order valence-corrected chi connectivity index (χ1v) is 3.55. The minimum Gasteiger partial charge on any atom is -0.298 e. The predicted molar refractivity (Wildman–Crippen MR) is 46.5 cm³/mol. The van der Waals surface area contributed by atoms with Crippen molar-refractivity contribution >= 4 is 11.9 Å². The smallest absolute Gasteiger partial charge is 0.153 e. The third kappa shape index (κ3) is 1.59. The Labute approximate surface area is 70.5 Å². The molecule has 0 unspecified atom stereocenters. The van der Waals surface area contributed by atoms with Crippen LogP contribution in [0.5, 0.6) is 0 Å². The summed E-state index contributed by atoms with van der Waals surface area (Å²) in [6.07, 6.45) is 0.502. The molecular formula is C10H9FO. The van der Waals surface area contributed by atoms with E-state index in [4.69, 9.17) is 0 Å². The largest absolute Gasteiger partial charge is 0.298 e. The summed E-state index contributed by atoms with van der Waals surface area (Å²) in [6, 6.07) is 4.36. The van der Waals surface area contributed by atoms with Crippen LogP contribution in [0.15, 0.2) is 24.8 Å². The van der Waals surface area contributed by atoms with E-state index in [1.54, 1.807) is 6.07 Å². The van der Waals surface area contributed by atoms with Crippen molar-refractivity contribution in [3.8, 4) is 0 Å². The molecule has 0 bridgehead atoms. The molecule has 0 aliphatic carbocycles. The number of benzene rings is 1. The molecule has 0 aliphatic heterocycles. The Morgan fingerprint density at radius 2 is 2.25 bits per heavy atom. The van der Waals surface area contributed by atoms with Crippen molar-refractivity contribution in [1.82, 2.24) is 0 Å². The lowest BCUT2D eigenvalue weighted by molar-refractivity contribution is 0.112. The van der Waals surface area contributed by atoms with E-state index in [1.165, 1.54) is 12.1 Å². The third-order valence-electron chi connectivity index (χ3n) is 1.62. The second-order valence-corrected chi connectivity index (χ2v) is 2.63. The zero-order valence-electron chi connectivity index (χ0n) is 6.80. The fourth-order valence-corrected chi connectivity index (χ4v) is 0.900. The summed E-state index contributed by atoms with van der Waals surface area (Å²) in [6.45, 7) is 5.50. The average molecular weight is 164 g/mol. The number of allylic oxidation sites excluding steroid dienone is 1. The maximum atomic E-state index is 12.8. The summed E-state index contributed by atoms with van der Waals surface area (Å²) in [4.78, 5) is 10.3. The van der Waals surface area contributed by atoms with Crippen LogP contribution in [0.4, 0.5) is 4.39 Å². The van der Waals surface area contributed by atoms with Gasteiger partial charge in [0.15, 0.2) is 6.29 Å². The summed E-state index contributed by atoms with van der Waals surface area (Å²) in [5, 5.41) is 0. The second kappa shape index (κ2) is 3.30. The van der Waals surface area contributed by atoms with Crippen LogP contribution in [0.3, 0.4) is 0 Å². The van der Waals surface area contributed by atoms with Gasteiger partial charge < -0.3 is 0 Å². The SMILES string of the molecule is C=C(C)c1ccc(F)c(C=O)c1. The van der Waals surface area contributed by atoms with Crippen molar-refractivity contribution < 1.29 is 9.18 Å². The number of rotatable bonds is 2. The number of hydrogen-bond acceptors (Lipinski definition) is 1. The minimum atomic E-state index is -0.491. The predicted octanol–water partition coefficient (Wildman–Crippen LogP) is 2.67. The van der Waals surface area contributed by atoms with Crippen molar-refractivity contribution in [2.24, 2.45) is 0 Å². The highest BCUT2D eigenvalue weighted by atomic mass is 19.1. The molecule has 0 N–H and O–H groups in total. The highest BCUT2D eigenvalue weighted by Crippen LogP contribution is 2.14. The monoisotopic (exact) mass is 164 g/mol. The van der Waals surface area contributed by atoms with Gasteiger partial charge in [0.25, 0.3) is 0 Å². The van der Waals surface area contributed by atoms with Gasteiger partial charge in [0.2, 0.25) is 0 Å². The van der Waals surface area contributed by atoms with Gasteiger partial charge in [-0.3, -0.25) is 4.79 Å². The van der Waals surface area contributed by atoms with E-state index < -0.39 is 5.82 Å². The molecule has 0 atom stereocenters. The van der Waals surface area contributed by atoms with Crippen molar-refractivity contribution in [3.05, 3.63) is 41.7 Å². The van der Waals surface area contributed by atoms with E-state index in [9.17, 15) is 9.18 Å². The highest BCUT2D eigenvalue weighted by molar-refractivity contribution is 5.78. The molecular weight excluding hydrogens is 155 g/mol. The van der Waals surface area contributed by atoms with Crippen LogP contribution in [0.25, 0.3) is 5.57 Å². The van der Waals surface area contributed by atoms with Gasteiger partial charge in [0.1, 0.15) is 5.82 Å². The molecule has 12 heavy (non-hydrogen) atoms. The van der Waals surface area contributed by atoms with Gasteiger partial charge in [-0.15, -0.1) is 0 Å². The number of carbonyl (C=O) groups is 1. The molecule has 0 amide bonds. The molecule has 2 heteroatoms. The molecule has 0 spiro atoms. The van der Waals surface area contributed by atoms with Crippen molar-refractivity contribution in [1.29, 1.82) is 0 Å². The fourth-order valence-electron chi connectivity index (χ4n) is 0.900. The molecule has 0 aliphatic rings. The quantitative estimate of drug-likeness (QED) is 0.614. The van der Waals surface area contributed by atoms with E-state index in [1.807, 2.05) is 6.92 Å². The van der Waals surface area contributed by atoms with Crippen molar-refractivity contribution in [2.75, 3.05) is 0 Å². The summed E-state index contributed by atoms with van der Waals surface area (Å²) in [7, 11) is 0.